The first-order valence-corrected chi connectivity index (χ1v) is 15.1. The molecule has 12 heteroatoms. The predicted octanol–water partition coefficient (Wildman–Crippen LogP) is 4.96. The van der Waals surface area contributed by atoms with E-state index < -0.39 is 45.2 Å². The maximum absolute atomic E-state index is 14.0. The molecule has 208 valence electrons. The number of allylic oxidation sites excluding steroid dienone is 2. The third kappa shape index (κ3) is 3.54. The molecule has 2 saturated heterocycles. The number of carbonyl (C=O) groups is 4. The van der Waals surface area contributed by atoms with Crippen LogP contribution < -0.4 is 9.64 Å². The van der Waals surface area contributed by atoms with Gasteiger partial charge in [0.05, 0.1) is 28.2 Å². The van der Waals surface area contributed by atoms with Gasteiger partial charge in [-0.1, -0.05) is 27.6 Å². The Morgan fingerprint density at radius 3 is 2.38 bits per heavy atom. The number of ether oxygens (including phenoxy) is 1. The Kier molecular flexibility index (Phi) is 6.60. The van der Waals surface area contributed by atoms with Gasteiger partial charge in [-0.2, -0.15) is 0 Å². The molecule has 2 aliphatic carbocycles. The summed E-state index contributed by atoms with van der Waals surface area (Å²) in [5.41, 5.74) is 1.64. The monoisotopic (exact) mass is 758 g/mol. The molecule has 3 fully saturated rings. The van der Waals surface area contributed by atoms with Gasteiger partial charge in [0, 0.05) is 17.4 Å². The molecular weight excluding hydrogens is 738 g/mol. The second kappa shape index (κ2) is 9.43. The van der Waals surface area contributed by atoms with Gasteiger partial charge in [-0.3, -0.25) is 29.0 Å². The van der Waals surface area contributed by atoms with Crippen LogP contribution in [0, 0.1) is 21.3 Å². The van der Waals surface area contributed by atoms with E-state index in [0.717, 1.165) is 9.37 Å². The Morgan fingerprint density at radius 1 is 1.05 bits per heavy atom. The number of halogens is 4. The van der Waals surface area contributed by atoms with Gasteiger partial charge in [-0.05, 0) is 83.3 Å². The van der Waals surface area contributed by atoms with Crippen molar-refractivity contribution in [3.05, 3.63) is 61.7 Å². The van der Waals surface area contributed by atoms with E-state index in [4.69, 9.17) is 27.9 Å². The second-order valence-corrected chi connectivity index (χ2v) is 13.9. The SMILES string of the molecule is COc1cc(C2C3=CCC4C(=O)N(c5ccc(Br)cc5)C(=O)C4C3CC3(Cl)C(=O)N(C)C(=O)C23Cl)cc(I)c1O. The van der Waals surface area contributed by atoms with E-state index in [1.807, 2.05) is 28.7 Å². The van der Waals surface area contributed by atoms with Crippen LogP contribution in [0.4, 0.5) is 5.69 Å². The number of hydrogen-bond acceptors (Lipinski definition) is 6. The third-order valence-corrected chi connectivity index (χ3v) is 11.5. The molecule has 2 aliphatic heterocycles. The molecule has 6 rings (SSSR count). The van der Waals surface area contributed by atoms with Crippen LogP contribution in [0.25, 0.3) is 0 Å². The lowest BCUT2D eigenvalue weighted by molar-refractivity contribution is -0.138. The molecule has 0 spiro atoms. The lowest BCUT2D eigenvalue weighted by Gasteiger charge is -2.50. The first kappa shape index (κ1) is 28.0. The summed E-state index contributed by atoms with van der Waals surface area (Å²) in [4.78, 5) is 53.2. The normalized spacial score (nSPS) is 33.1. The van der Waals surface area contributed by atoms with Crippen molar-refractivity contribution in [2.75, 3.05) is 19.1 Å². The molecule has 2 aromatic rings. The minimum Gasteiger partial charge on any atom is -0.504 e. The van der Waals surface area contributed by atoms with Gasteiger partial charge in [-0.15, -0.1) is 23.2 Å². The van der Waals surface area contributed by atoms with E-state index in [2.05, 4.69) is 15.9 Å². The highest BCUT2D eigenvalue weighted by Crippen LogP contribution is 2.65. The highest BCUT2D eigenvalue weighted by molar-refractivity contribution is 14.1. The number of hydrogen-bond donors (Lipinski definition) is 1. The van der Waals surface area contributed by atoms with Crippen molar-refractivity contribution < 1.29 is 29.0 Å². The van der Waals surface area contributed by atoms with Gasteiger partial charge >= 0.3 is 0 Å². The van der Waals surface area contributed by atoms with Crippen LogP contribution in [0.15, 0.2) is 52.5 Å². The van der Waals surface area contributed by atoms with E-state index in [0.29, 0.717) is 20.4 Å². The van der Waals surface area contributed by atoms with Crippen molar-refractivity contribution in [3.8, 4) is 11.5 Å². The summed E-state index contributed by atoms with van der Waals surface area (Å²) < 4.78 is 6.64. The third-order valence-electron chi connectivity index (χ3n) is 8.70. The average Bonchev–Trinajstić information content (AvgIpc) is 3.25. The Bertz CT molecular complexity index is 1550. The summed E-state index contributed by atoms with van der Waals surface area (Å²) in [5.74, 6) is -4.90. The zero-order chi connectivity index (χ0) is 28.9. The lowest BCUT2D eigenvalue weighted by atomic mass is 9.56. The molecule has 40 heavy (non-hydrogen) atoms. The summed E-state index contributed by atoms with van der Waals surface area (Å²) in [6.07, 6.45) is 2.04. The number of fused-ring (bicyclic) bond motifs is 4. The number of benzene rings is 2. The fraction of sp³-hybridized carbons (Fsp3) is 0.357. The Morgan fingerprint density at radius 2 is 1.73 bits per heavy atom. The Labute approximate surface area is 261 Å². The van der Waals surface area contributed by atoms with Crippen molar-refractivity contribution in [2.45, 2.75) is 28.5 Å². The van der Waals surface area contributed by atoms with Crippen LogP contribution in [-0.2, 0) is 19.2 Å². The zero-order valence-corrected chi connectivity index (χ0v) is 26.4. The highest BCUT2D eigenvalue weighted by Gasteiger charge is 2.76. The smallest absolute Gasteiger partial charge is 0.253 e. The Balaban J connectivity index is 1.53. The molecule has 6 atom stereocenters. The molecule has 2 heterocycles. The number of phenols is 1. The van der Waals surface area contributed by atoms with E-state index >= 15 is 0 Å². The number of rotatable bonds is 3. The molecule has 0 radical (unpaired) electrons. The topological polar surface area (TPSA) is 104 Å². The molecule has 0 bridgehead atoms. The first-order chi connectivity index (χ1) is 18.9. The fourth-order valence-corrected chi connectivity index (χ4v) is 8.79. The number of anilines is 1. The van der Waals surface area contributed by atoms with Gasteiger partial charge < -0.3 is 9.84 Å². The van der Waals surface area contributed by atoms with E-state index in [9.17, 15) is 24.3 Å². The zero-order valence-electron chi connectivity index (χ0n) is 21.2. The number of phenolic OH excluding ortho intramolecular Hbond substituents is 1. The largest absolute Gasteiger partial charge is 0.504 e. The maximum atomic E-state index is 14.0. The average molecular weight is 760 g/mol. The van der Waals surface area contributed by atoms with Gasteiger partial charge in [0.1, 0.15) is 0 Å². The van der Waals surface area contributed by atoms with Crippen molar-refractivity contribution >= 4 is 91.0 Å². The lowest BCUT2D eigenvalue weighted by Crippen LogP contribution is -2.60. The number of carbonyl (C=O) groups excluding carboxylic acids is 4. The number of likely N-dealkylation sites (tertiary alicyclic amines) is 1. The summed E-state index contributed by atoms with van der Waals surface area (Å²) in [5, 5.41) is 10.5. The summed E-state index contributed by atoms with van der Waals surface area (Å²) in [6.45, 7) is 0. The quantitative estimate of drug-likeness (QED) is 0.206. The van der Waals surface area contributed by atoms with E-state index in [1.54, 1.807) is 36.4 Å². The second-order valence-electron chi connectivity index (χ2n) is 10.5. The van der Waals surface area contributed by atoms with E-state index in [1.165, 1.54) is 19.1 Å². The number of amides is 4. The summed E-state index contributed by atoms with van der Waals surface area (Å²) in [6, 6.07) is 10.1. The number of aromatic hydroxyl groups is 1. The molecule has 2 aromatic carbocycles. The molecule has 4 amide bonds. The number of nitrogens with zero attached hydrogens (tertiary/aromatic N) is 2. The highest BCUT2D eigenvalue weighted by atomic mass is 127. The molecular formula is C28H22BrCl2IN2O6. The van der Waals surface area contributed by atoms with Crippen molar-refractivity contribution in [1.29, 1.82) is 0 Å². The van der Waals surface area contributed by atoms with Crippen LogP contribution in [0.3, 0.4) is 0 Å². The standard InChI is InChI=1S/C28H22BrCl2IN2O6/c1-33-25(38)27(30)11-17-15(21(28(27,31)26(33)39)12-9-18(32)22(35)19(10-12)40-2)7-8-16-20(17)24(37)34(23(16)36)14-5-3-13(29)4-6-14/h3-7,9-10,16-17,20-21,35H,8,11H2,1-2H3. The van der Waals surface area contributed by atoms with Crippen molar-refractivity contribution in [1.82, 2.24) is 4.90 Å². The van der Waals surface area contributed by atoms with E-state index in [-0.39, 0.29) is 36.2 Å². The first-order valence-electron chi connectivity index (χ1n) is 12.5. The van der Waals surface area contributed by atoms with Crippen LogP contribution in [0.5, 0.6) is 11.5 Å². The minimum absolute atomic E-state index is 0.0784. The molecule has 6 unspecified atom stereocenters. The molecule has 1 saturated carbocycles. The van der Waals surface area contributed by atoms with Gasteiger partial charge in [-0.25, -0.2) is 0 Å². The maximum Gasteiger partial charge on any atom is 0.253 e. The summed E-state index contributed by atoms with van der Waals surface area (Å²) in [7, 11) is 2.75. The van der Waals surface area contributed by atoms with Crippen LogP contribution in [0.2, 0.25) is 0 Å². The number of methoxy groups -OCH3 is 1. The molecule has 4 aliphatic rings. The minimum atomic E-state index is -1.91. The molecule has 8 nitrogen and oxygen atoms in total. The Hall–Kier alpha value is -2.15. The number of imide groups is 2. The van der Waals surface area contributed by atoms with Gasteiger partial charge in [0.2, 0.25) is 11.8 Å². The molecule has 1 N–H and O–H groups in total. The van der Waals surface area contributed by atoms with Crippen LogP contribution in [-0.4, -0.2) is 57.5 Å². The van der Waals surface area contributed by atoms with Gasteiger partial charge in [0.15, 0.2) is 21.2 Å². The van der Waals surface area contributed by atoms with Gasteiger partial charge in [0.25, 0.3) is 11.8 Å². The van der Waals surface area contributed by atoms with Crippen LogP contribution >= 0.6 is 61.7 Å². The van der Waals surface area contributed by atoms with Crippen LogP contribution in [0.1, 0.15) is 24.3 Å². The van der Waals surface area contributed by atoms with Crippen molar-refractivity contribution in [3.63, 3.8) is 0 Å². The number of alkyl halides is 2. The fourth-order valence-electron chi connectivity index (χ4n) is 6.88. The summed E-state index contributed by atoms with van der Waals surface area (Å²) >= 11 is 19.7. The predicted molar refractivity (Wildman–Crippen MR) is 159 cm³/mol. The van der Waals surface area contributed by atoms with Crippen molar-refractivity contribution in [2.24, 2.45) is 17.8 Å². The molecule has 0 aromatic heterocycles.